The van der Waals surface area contributed by atoms with Crippen LogP contribution < -0.4 is 4.72 Å². The molecule has 0 bridgehead atoms. The lowest BCUT2D eigenvalue weighted by Gasteiger charge is -2.20. The first-order chi connectivity index (χ1) is 11.4. The average molecular weight is 345 g/mol. The number of esters is 1. The van der Waals surface area contributed by atoms with Gasteiger partial charge in [0, 0.05) is 0 Å². The number of sulfonamides is 1. The number of methoxy groups -OCH3 is 1. The molecule has 24 heavy (non-hydrogen) atoms. The standard InChI is InChI=1S/C18H19NO4S/c1-14(18(20)23-2)17(16-11-7-4-8-12-16)19-24(21,22)13-15-9-5-3-6-10-15/h3-12,17,19H,1,13H2,2H3. The van der Waals surface area contributed by atoms with Gasteiger partial charge < -0.3 is 4.74 Å². The van der Waals surface area contributed by atoms with E-state index in [1.54, 1.807) is 54.6 Å². The van der Waals surface area contributed by atoms with Crippen molar-refractivity contribution in [3.8, 4) is 0 Å². The molecule has 6 heteroatoms. The van der Waals surface area contributed by atoms with Gasteiger partial charge in [0.25, 0.3) is 0 Å². The summed E-state index contributed by atoms with van der Waals surface area (Å²) >= 11 is 0. The fraction of sp³-hybridized carbons (Fsp3) is 0.167. The van der Waals surface area contributed by atoms with Crippen LogP contribution in [0.3, 0.4) is 0 Å². The normalized spacial score (nSPS) is 12.4. The maximum atomic E-state index is 12.5. The molecule has 0 spiro atoms. The summed E-state index contributed by atoms with van der Waals surface area (Å²) in [6.45, 7) is 3.69. The summed E-state index contributed by atoms with van der Waals surface area (Å²) in [4.78, 5) is 11.8. The first-order valence-corrected chi connectivity index (χ1v) is 8.94. The van der Waals surface area contributed by atoms with E-state index in [1.807, 2.05) is 6.07 Å². The first kappa shape index (κ1) is 17.9. The lowest BCUT2D eigenvalue weighted by atomic mass is 10.0. The van der Waals surface area contributed by atoms with Gasteiger partial charge in [0.2, 0.25) is 10.0 Å². The lowest BCUT2D eigenvalue weighted by molar-refractivity contribution is -0.136. The number of hydrogen-bond donors (Lipinski definition) is 1. The Morgan fingerprint density at radius 1 is 1.08 bits per heavy atom. The summed E-state index contributed by atoms with van der Waals surface area (Å²) in [5, 5.41) is 0. The Balaban J connectivity index is 2.28. The van der Waals surface area contributed by atoms with E-state index in [0.29, 0.717) is 11.1 Å². The van der Waals surface area contributed by atoms with E-state index >= 15 is 0 Å². The minimum absolute atomic E-state index is 0.0281. The van der Waals surface area contributed by atoms with Crippen LogP contribution in [0.25, 0.3) is 0 Å². The van der Waals surface area contributed by atoms with Crippen LogP contribution in [-0.2, 0) is 25.3 Å². The Labute approximate surface area is 142 Å². The molecule has 126 valence electrons. The fourth-order valence-electron chi connectivity index (χ4n) is 2.25. The average Bonchev–Trinajstić information content (AvgIpc) is 2.59. The maximum absolute atomic E-state index is 12.5. The van der Waals surface area contributed by atoms with Gasteiger partial charge in [0.1, 0.15) is 0 Å². The molecule has 1 unspecified atom stereocenters. The predicted octanol–water partition coefficient (Wildman–Crippen LogP) is 2.58. The number of nitrogens with one attached hydrogen (secondary N) is 1. The van der Waals surface area contributed by atoms with Crippen molar-refractivity contribution < 1.29 is 17.9 Å². The monoisotopic (exact) mass is 345 g/mol. The highest BCUT2D eigenvalue weighted by Gasteiger charge is 2.26. The summed E-state index contributed by atoms with van der Waals surface area (Å²) in [5.41, 5.74) is 1.30. The number of ether oxygens (including phenoxy) is 1. The molecule has 1 N–H and O–H groups in total. The second-order valence-electron chi connectivity index (χ2n) is 5.22. The molecule has 0 aliphatic carbocycles. The van der Waals surface area contributed by atoms with Crippen molar-refractivity contribution in [3.05, 3.63) is 83.9 Å². The fourth-order valence-corrected chi connectivity index (χ4v) is 3.60. The Kier molecular flexibility index (Phi) is 5.89. The molecular weight excluding hydrogens is 326 g/mol. The van der Waals surface area contributed by atoms with E-state index in [9.17, 15) is 13.2 Å². The third kappa shape index (κ3) is 4.78. The highest BCUT2D eigenvalue weighted by atomic mass is 32.2. The van der Waals surface area contributed by atoms with Gasteiger partial charge in [-0.1, -0.05) is 67.2 Å². The Morgan fingerprint density at radius 2 is 1.62 bits per heavy atom. The van der Waals surface area contributed by atoms with Crippen molar-refractivity contribution >= 4 is 16.0 Å². The number of carbonyl (C=O) groups is 1. The van der Waals surface area contributed by atoms with Gasteiger partial charge in [-0.3, -0.25) is 0 Å². The van der Waals surface area contributed by atoms with Crippen LogP contribution in [0.15, 0.2) is 72.8 Å². The third-order valence-corrected chi connectivity index (χ3v) is 4.73. The number of benzene rings is 2. The van der Waals surface area contributed by atoms with Gasteiger partial charge in [0.05, 0.1) is 24.5 Å². The van der Waals surface area contributed by atoms with E-state index in [-0.39, 0.29) is 11.3 Å². The van der Waals surface area contributed by atoms with Crippen LogP contribution in [0.5, 0.6) is 0 Å². The van der Waals surface area contributed by atoms with Gasteiger partial charge in [-0.2, -0.15) is 0 Å². The van der Waals surface area contributed by atoms with Gasteiger partial charge in [-0.05, 0) is 11.1 Å². The molecule has 0 aromatic heterocycles. The van der Waals surface area contributed by atoms with Gasteiger partial charge in [-0.25, -0.2) is 17.9 Å². The zero-order chi connectivity index (χ0) is 17.6. The van der Waals surface area contributed by atoms with Crippen molar-refractivity contribution in [1.29, 1.82) is 0 Å². The van der Waals surface area contributed by atoms with Crippen LogP contribution in [0.2, 0.25) is 0 Å². The second-order valence-corrected chi connectivity index (χ2v) is 6.98. The van der Waals surface area contributed by atoms with Crippen molar-refractivity contribution in [3.63, 3.8) is 0 Å². The Bertz CT molecular complexity index is 801. The molecule has 5 nitrogen and oxygen atoms in total. The minimum Gasteiger partial charge on any atom is -0.466 e. The van der Waals surface area contributed by atoms with Crippen LogP contribution in [0.1, 0.15) is 17.2 Å². The zero-order valence-electron chi connectivity index (χ0n) is 13.3. The van der Waals surface area contributed by atoms with E-state index < -0.39 is 22.0 Å². The molecule has 0 saturated carbocycles. The quantitative estimate of drug-likeness (QED) is 0.618. The van der Waals surface area contributed by atoms with Gasteiger partial charge in [0.15, 0.2) is 0 Å². The number of rotatable bonds is 7. The minimum atomic E-state index is -3.69. The van der Waals surface area contributed by atoms with Crippen LogP contribution in [0.4, 0.5) is 0 Å². The summed E-state index contributed by atoms with van der Waals surface area (Å²) in [7, 11) is -2.46. The summed E-state index contributed by atoms with van der Waals surface area (Å²) < 4.78 is 32.2. The summed E-state index contributed by atoms with van der Waals surface area (Å²) in [5.74, 6) is -0.850. The van der Waals surface area contributed by atoms with Crippen molar-refractivity contribution in [2.45, 2.75) is 11.8 Å². The molecule has 0 radical (unpaired) electrons. The molecule has 2 aromatic carbocycles. The highest BCUT2D eigenvalue weighted by molar-refractivity contribution is 7.88. The van der Waals surface area contributed by atoms with E-state index in [4.69, 9.17) is 0 Å². The summed E-state index contributed by atoms with van der Waals surface area (Å²) in [6.07, 6.45) is 0. The zero-order valence-corrected chi connectivity index (χ0v) is 14.1. The highest BCUT2D eigenvalue weighted by Crippen LogP contribution is 2.23. The summed E-state index contributed by atoms with van der Waals surface area (Å²) in [6, 6.07) is 16.7. The Hall–Kier alpha value is -2.44. The maximum Gasteiger partial charge on any atom is 0.335 e. The van der Waals surface area contributed by atoms with E-state index in [1.165, 1.54) is 7.11 Å². The second kappa shape index (κ2) is 7.90. The molecule has 0 aliphatic heterocycles. The molecule has 0 saturated heterocycles. The largest absolute Gasteiger partial charge is 0.466 e. The number of hydrogen-bond acceptors (Lipinski definition) is 4. The smallest absolute Gasteiger partial charge is 0.335 e. The molecule has 0 fully saturated rings. The number of carbonyl (C=O) groups excluding carboxylic acids is 1. The van der Waals surface area contributed by atoms with Crippen LogP contribution in [-0.4, -0.2) is 21.5 Å². The lowest BCUT2D eigenvalue weighted by Crippen LogP contribution is -2.33. The molecule has 1 atom stereocenters. The van der Waals surface area contributed by atoms with E-state index in [2.05, 4.69) is 16.0 Å². The van der Waals surface area contributed by atoms with Crippen molar-refractivity contribution in [1.82, 2.24) is 4.72 Å². The van der Waals surface area contributed by atoms with Crippen molar-refractivity contribution in [2.24, 2.45) is 0 Å². The predicted molar refractivity (Wildman–Crippen MR) is 92.5 cm³/mol. The first-order valence-electron chi connectivity index (χ1n) is 7.29. The van der Waals surface area contributed by atoms with E-state index in [0.717, 1.165) is 0 Å². The molecule has 2 rings (SSSR count). The molecule has 0 amide bonds. The molecular formula is C18H19NO4S. The van der Waals surface area contributed by atoms with Crippen LogP contribution in [0, 0.1) is 0 Å². The third-order valence-electron chi connectivity index (χ3n) is 3.43. The van der Waals surface area contributed by atoms with Gasteiger partial charge >= 0.3 is 5.97 Å². The van der Waals surface area contributed by atoms with Crippen LogP contribution >= 0.6 is 0 Å². The Morgan fingerprint density at radius 3 is 2.17 bits per heavy atom. The molecule has 2 aromatic rings. The molecule has 0 aliphatic rings. The molecule has 0 heterocycles. The van der Waals surface area contributed by atoms with Crippen molar-refractivity contribution in [2.75, 3.05) is 7.11 Å². The topological polar surface area (TPSA) is 72.5 Å². The van der Waals surface area contributed by atoms with Gasteiger partial charge in [-0.15, -0.1) is 0 Å². The SMILES string of the molecule is C=C(C(=O)OC)C(NS(=O)(=O)Cc1ccccc1)c1ccccc1.